The van der Waals surface area contributed by atoms with Crippen LogP contribution in [0.2, 0.25) is 0 Å². The molecule has 156 valence electrons. The Labute approximate surface area is 192 Å². The van der Waals surface area contributed by atoms with Crippen LogP contribution in [0.4, 0.5) is 5.69 Å². The fraction of sp³-hybridized carbons (Fsp3) is 0.0909. The van der Waals surface area contributed by atoms with E-state index in [0.717, 1.165) is 21.3 Å². The Kier molecular flexibility index (Phi) is 5.97. The predicted molar refractivity (Wildman–Crippen MR) is 126 cm³/mol. The first kappa shape index (κ1) is 21.0. The number of fused-ring (bicyclic) bond motifs is 1. The van der Waals surface area contributed by atoms with Crippen molar-refractivity contribution in [3.63, 3.8) is 0 Å². The predicted octanol–water partition coefficient (Wildman–Crippen LogP) is 5.10. The number of halogens is 1. The van der Waals surface area contributed by atoms with Gasteiger partial charge in [-0.1, -0.05) is 22.0 Å². The zero-order valence-electron chi connectivity index (χ0n) is 16.6. The van der Waals surface area contributed by atoms with E-state index in [0.29, 0.717) is 28.4 Å². The van der Waals surface area contributed by atoms with E-state index in [1.54, 1.807) is 30.5 Å². The second kappa shape index (κ2) is 8.83. The maximum Gasteiger partial charge on any atom is 0.261 e. The number of aromatic nitrogens is 2. The van der Waals surface area contributed by atoms with E-state index in [1.807, 2.05) is 31.2 Å². The lowest BCUT2D eigenvalue weighted by Crippen LogP contribution is -2.34. The lowest BCUT2D eigenvalue weighted by molar-refractivity contribution is 0.0974. The molecule has 0 aliphatic heterocycles. The van der Waals surface area contributed by atoms with Gasteiger partial charge in [-0.15, -0.1) is 0 Å². The highest BCUT2D eigenvalue weighted by Gasteiger charge is 2.15. The van der Waals surface area contributed by atoms with E-state index < -0.39 is 0 Å². The number of aryl methyl sites for hydroxylation is 1. The summed E-state index contributed by atoms with van der Waals surface area (Å²) >= 11 is 8.71. The summed E-state index contributed by atoms with van der Waals surface area (Å²) in [6, 6.07) is 14.5. The third-order valence-electron chi connectivity index (χ3n) is 4.53. The van der Waals surface area contributed by atoms with Crippen molar-refractivity contribution >= 4 is 56.1 Å². The first-order valence-electron chi connectivity index (χ1n) is 9.23. The zero-order chi connectivity index (χ0) is 22.0. The van der Waals surface area contributed by atoms with Crippen molar-refractivity contribution < 1.29 is 13.9 Å². The van der Waals surface area contributed by atoms with Crippen LogP contribution in [-0.4, -0.2) is 28.1 Å². The molecule has 2 N–H and O–H groups in total. The molecule has 2 aromatic carbocycles. The molecule has 0 saturated carbocycles. The molecule has 0 saturated heterocycles. The molecule has 2 heterocycles. The van der Waals surface area contributed by atoms with E-state index in [1.165, 1.54) is 7.11 Å². The minimum Gasteiger partial charge on any atom is -0.496 e. The number of benzene rings is 2. The number of carbonyl (C=O) groups excluding carboxylic acids is 1. The van der Waals surface area contributed by atoms with Crippen LogP contribution in [0.25, 0.3) is 22.7 Å². The van der Waals surface area contributed by atoms with E-state index in [9.17, 15) is 4.79 Å². The summed E-state index contributed by atoms with van der Waals surface area (Å²) in [6.07, 6.45) is 1.66. The lowest BCUT2D eigenvalue weighted by Gasteiger charge is -2.14. The van der Waals surface area contributed by atoms with Crippen LogP contribution < -0.4 is 15.4 Å². The van der Waals surface area contributed by atoms with Gasteiger partial charge in [0.1, 0.15) is 5.75 Å². The molecule has 4 rings (SSSR count). The Morgan fingerprint density at radius 3 is 2.81 bits per heavy atom. The maximum absolute atomic E-state index is 12.7. The topological polar surface area (TPSA) is 89.3 Å². The standard InChI is InChI=1S/C22H17BrN4O3S/c1-12-5-6-13(21-26-19-18(30-21)4-3-9-24-19)10-16(12)25-22(31)27-20(28)15-11-14(23)7-8-17(15)29-2/h3-11H,1-2H3,(H2,25,27,28,31). The number of thiocarbonyl (C=S) groups is 1. The van der Waals surface area contributed by atoms with Crippen LogP contribution in [-0.2, 0) is 0 Å². The second-order valence-electron chi connectivity index (χ2n) is 6.63. The Morgan fingerprint density at radius 1 is 1.19 bits per heavy atom. The molecule has 7 nitrogen and oxygen atoms in total. The van der Waals surface area contributed by atoms with Gasteiger partial charge in [0.25, 0.3) is 5.91 Å². The van der Waals surface area contributed by atoms with Gasteiger partial charge in [0.05, 0.1) is 12.7 Å². The van der Waals surface area contributed by atoms with Crippen LogP contribution in [0.3, 0.4) is 0 Å². The van der Waals surface area contributed by atoms with Gasteiger partial charge in [0.2, 0.25) is 5.89 Å². The minimum atomic E-state index is -0.380. The van der Waals surface area contributed by atoms with E-state index in [4.69, 9.17) is 21.4 Å². The van der Waals surface area contributed by atoms with Gasteiger partial charge in [0, 0.05) is 21.9 Å². The van der Waals surface area contributed by atoms with E-state index >= 15 is 0 Å². The fourth-order valence-corrected chi connectivity index (χ4v) is 3.53. The third kappa shape index (κ3) is 4.57. The Balaban J connectivity index is 1.54. The number of hydrogen-bond donors (Lipinski definition) is 2. The van der Waals surface area contributed by atoms with Gasteiger partial charge in [-0.05, 0) is 67.2 Å². The maximum atomic E-state index is 12.7. The summed E-state index contributed by atoms with van der Waals surface area (Å²) in [6.45, 7) is 1.93. The molecule has 0 bridgehead atoms. The van der Waals surface area contributed by atoms with E-state index in [2.05, 4.69) is 36.5 Å². The van der Waals surface area contributed by atoms with Gasteiger partial charge in [-0.3, -0.25) is 10.1 Å². The van der Waals surface area contributed by atoms with Crippen LogP contribution in [0.15, 0.2) is 63.6 Å². The fourth-order valence-electron chi connectivity index (χ4n) is 2.96. The summed E-state index contributed by atoms with van der Waals surface area (Å²) in [7, 11) is 1.51. The number of carbonyl (C=O) groups is 1. The summed E-state index contributed by atoms with van der Waals surface area (Å²) in [4.78, 5) is 21.3. The molecule has 9 heteroatoms. The molecule has 0 spiro atoms. The third-order valence-corrected chi connectivity index (χ3v) is 5.23. The zero-order valence-corrected chi connectivity index (χ0v) is 19.0. The SMILES string of the molecule is COc1ccc(Br)cc1C(=O)NC(=S)Nc1cc(-c2nc3ncccc3o2)ccc1C. The van der Waals surface area contributed by atoms with Gasteiger partial charge < -0.3 is 14.5 Å². The van der Waals surface area contributed by atoms with Crippen LogP contribution in [0.5, 0.6) is 5.75 Å². The van der Waals surface area contributed by atoms with Crippen molar-refractivity contribution in [1.82, 2.24) is 15.3 Å². The van der Waals surface area contributed by atoms with E-state index in [-0.39, 0.29) is 11.0 Å². The van der Waals surface area contributed by atoms with Crippen molar-refractivity contribution in [2.45, 2.75) is 6.92 Å². The number of rotatable bonds is 4. The normalized spacial score (nSPS) is 10.7. The Morgan fingerprint density at radius 2 is 2.03 bits per heavy atom. The molecule has 0 radical (unpaired) electrons. The number of anilines is 1. The molecular weight excluding hydrogens is 480 g/mol. The van der Waals surface area contributed by atoms with Crippen LogP contribution >= 0.6 is 28.1 Å². The summed E-state index contributed by atoms with van der Waals surface area (Å²) in [5.74, 6) is 0.520. The molecule has 1 amide bonds. The highest BCUT2D eigenvalue weighted by molar-refractivity contribution is 9.10. The van der Waals surface area contributed by atoms with Crippen LogP contribution in [0.1, 0.15) is 15.9 Å². The smallest absolute Gasteiger partial charge is 0.261 e. The summed E-state index contributed by atoms with van der Waals surface area (Å²) in [5, 5.41) is 5.91. The van der Waals surface area contributed by atoms with Gasteiger partial charge in [0.15, 0.2) is 16.3 Å². The van der Waals surface area contributed by atoms with Gasteiger partial charge in [-0.25, -0.2) is 4.98 Å². The number of pyridine rings is 1. The monoisotopic (exact) mass is 496 g/mol. The van der Waals surface area contributed by atoms with Gasteiger partial charge >= 0.3 is 0 Å². The largest absolute Gasteiger partial charge is 0.496 e. The second-order valence-corrected chi connectivity index (χ2v) is 7.95. The molecule has 0 fully saturated rings. The summed E-state index contributed by atoms with van der Waals surface area (Å²) < 4.78 is 11.8. The molecule has 2 aromatic heterocycles. The summed E-state index contributed by atoms with van der Waals surface area (Å²) in [5.41, 5.74) is 3.94. The number of ether oxygens (including phenoxy) is 1. The minimum absolute atomic E-state index is 0.159. The average molecular weight is 497 g/mol. The average Bonchev–Trinajstić information content (AvgIpc) is 3.19. The lowest BCUT2D eigenvalue weighted by atomic mass is 10.1. The molecule has 0 aliphatic rings. The Hall–Kier alpha value is -3.30. The molecule has 0 aliphatic carbocycles. The van der Waals surface area contributed by atoms with Crippen molar-refractivity contribution in [3.05, 3.63) is 70.3 Å². The van der Waals surface area contributed by atoms with Gasteiger partial charge in [-0.2, -0.15) is 4.98 Å². The number of nitrogens with zero attached hydrogens (tertiary/aromatic N) is 2. The highest BCUT2D eigenvalue weighted by Crippen LogP contribution is 2.27. The number of oxazole rings is 1. The van der Waals surface area contributed by atoms with Crippen molar-refractivity contribution in [1.29, 1.82) is 0 Å². The number of methoxy groups -OCH3 is 1. The highest BCUT2D eigenvalue weighted by atomic mass is 79.9. The number of hydrogen-bond acceptors (Lipinski definition) is 6. The number of amides is 1. The number of nitrogens with one attached hydrogen (secondary N) is 2. The first-order chi connectivity index (χ1) is 14.9. The Bertz CT molecular complexity index is 1270. The quantitative estimate of drug-likeness (QED) is 0.380. The molecule has 4 aromatic rings. The molecular formula is C22H17BrN4O3S. The van der Waals surface area contributed by atoms with Crippen molar-refractivity contribution in [2.24, 2.45) is 0 Å². The van der Waals surface area contributed by atoms with Crippen molar-refractivity contribution in [2.75, 3.05) is 12.4 Å². The molecule has 0 atom stereocenters. The van der Waals surface area contributed by atoms with Crippen molar-refractivity contribution in [3.8, 4) is 17.2 Å². The molecule has 0 unspecified atom stereocenters. The van der Waals surface area contributed by atoms with Crippen LogP contribution in [0, 0.1) is 6.92 Å². The molecule has 31 heavy (non-hydrogen) atoms. The first-order valence-corrected chi connectivity index (χ1v) is 10.4.